The van der Waals surface area contributed by atoms with Crippen LogP contribution in [0.5, 0.6) is 0 Å². The fraction of sp³-hybridized carbons (Fsp3) is 0.167. The van der Waals surface area contributed by atoms with Crippen LogP contribution < -0.4 is 5.32 Å². The molecule has 5 nitrogen and oxygen atoms in total. The standard InChI is InChI=1S/C24H21NO4/c1-29-22(15-9-3-2-4-10-15)23(26)25-21(24(27)28)20-18-13-7-5-11-16(18)17-12-6-8-14-19(17)20/h2-14,20-22H,1H3,(H,25,26)(H,27,28)/t21-,22-/m1/s1. The molecule has 0 saturated heterocycles. The highest BCUT2D eigenvalue weighted by atomic mass is 16.5. The molecule has 146 valence electrons. The number of carboxylic acids is 1. The molecule has 5 heteroatoms. The summed E-state index contributed by atoms with van der Waals surface area (Å²) < 4.78 is 5.38. The monoisotopic (exact) mass is 387 g/mol. The van der Waals surface area contributed by atoms with E-state index in [2.05, 4.69) is 5.32 Å². The first-order valence-electron chi connectivity index (χ1n) is 9.41. The number of carbonyl (C=O) groups excluding carboxylic acids is 1. The summed E-state index contributed by atoms with van der Waals surface area (Å²) in [4.78, 5) is 25.2. The van der Waals surface area contributed by atoms with Gasteiger partial charge in [0.1, 0.15) is 6.04 Å². The van der Waals surface area contributed by atoms with Gasteiger partial charge in [0.25, 0.3) is 5.91 Å². The predicted molar refractivity (Wildman–Crippen MR) is 109 cm³/mol. The van der Waals surface area contributed by atoms with E-state index < -0.39 is 29.9 Å². The number of aliphatic carboxylic acids is 1. The molecule has 0 aromatic heterocycles. The summed E-state index contributed by atoms with van der Waals surface area (Å²) in [5.41, 5.74) is 4.47. The van der Waals surface area contributed by atoms with E-state index in [9.17, 15) is 14.7 Å². The molecule has 2 N–H and O–H groups in total. The van der Waals surface area contributed by atoms with Gasteiger partial charge in [-0.05, 0) is 27.8 Å². The van der Waals surface area contributed by atoms with Crippen LogP contribution in [0.2, 0.25) is 0 Å². The molecule has 2 atom stereocenters. The van der Waals surface area contributed by atoms with E-state index in [-0.39, 0.29) is 0 Å². The maximum Gasteiger partial charge on any atom is 0.327 e. The largest absolute Gasteiger partial charge is 0.480 e. The lowest BCUT2D eigenvalue weighted by Crippen LogP contribution is -2.46. The van der Waals surface area contributed by atoms with Crippen LogP contribution in [0.25, 0.3) is 11.1 Å². The highest BCUT2D eigenvalue weighted by Gasteiger charge is 2.39. The second-order valence-electron chi connectivity index (χ2n) is 7.00. The number of methoxy groups -OCH3 is 1. The van der Waals surface area contributed by atoms with Gasteiger partial charge in [0, 0.05) is 13.0 Å². The minimum Gasteiger partial charge on any atom is -0.480 e. The van der Waals surface area contributed by atoms with Gasteiger partial charge in [-0.1, -0.05) is 78.9 Å². The van der Waals surface area contributed by atoms with Crippen molar-refractivity contribution in [2.24, 2.45) is 0 Å². The van der Waals surface area contributed by atoms with E-state index in [0.717, 1.165) is 22.3 Å². The van der Waals surface area contributed by atoms with Crippen molar-refractivity contribution in [2.45, 2.75) is 18.1 Å². The second-order valence-corrected chi connectivity index (χ2v) is 7.00. The summed E-state index contributed by atoms with van der Waals surface area (Å²) in [6.45, 7) is 0. The summed E-state index contributed by atoms with van der Waals surface area (Å²) >= 11 is 0. The maximum atomic E-state index is 13.0. The third kappa shape index (κ3) is 3.41. The number of carbonyl (C=O) groups is 2. The fourth-order valence-electron chi connectivity index (χ4n) is 4.09. The Hall–Kier alpha value is -3.44. The lowest BCUT2D eigenvalue weighted by molar-refractivity contribution is -0.144. The molecule has 0 unspecified atom stereocenters. The van der Waals surface area contributed by atoms with Crippen LogP contribution in [-0.4, -0.2) is 30.1 Å². The molecule has 0 saturated carbocycles. The van der Waals surface area contributed by atoms with Gasteiger partial charge in [0.05, 0.1) is 0 Å². The number of hydrogen-bond donors (Lipinski definition) is 2. The fourth-order valence-corrected chi connectivity index (χ4v) is 4.09. The zero-order valence-corrected chi connectivity index (χ0v) is 15.9. The molecule has 0 aliphatic heterocycles. The highest BCUT2D eigenvalue weighted by molar-refractivity contribution is 5.90. The summed E-state index contributed by atoms with van der Waals surface area (Å²) in [5.74, 6) is -2.04. The lowest BCUT2D eigenvalue weighted by atomic mass is 9.89. The van der Waals surface area contributed by atoms with Crippen LogP contribution in [0.3, 0.4) is 0 Å². The van der Waals surface area contributed by atoms with E-state index in [1.54, 1.807) is 12.1 Å². The first-order valence-corrected chi connectivity index (χ1v) is 9.41. The van der Waals surface area contributed by atoms with E-state index in [0.29, 0.717) is 5.56 Å². The van der Waals surface area contributed by atoms with E-state index >= 15 is 0 Å². The van der Waals surface area contributed by atoms with Crippen LogP contribution in [0.4, 0.5) is 0 Å². The minimum absolute atomic E-state index is 0.475. The molecular formula is C24H21NO4. The molecule has 3 aromatic rings. The van der Waals surface area contributed by atoms with Crippen LogP contribution in [0, 0.1) is 0 Å². The maximum absolute atomic E-state index is 13.0. The topological polar surface area (TPSA) is 75.6 Å². The van der Waals surface area contributed by atoms with Crippen molar-refractivity contribution in [1.82, 2.24) is 5.32 Å². The highest BCUT2D eigenvalue weighted by Crippen LogP contribution is 2.46. The third-order valence-corrected chi connectivity index (χ3v) is 5.36. The Balaban J connectivity index is 1.70. The lowest BCUT2D eigenvalue weighted by Gasteiger charge is -2.25. The SMILES string of the molecule is CO[C@@H](C(=O)N[C@@H](C(=O)O)C1c2ccccc2-c2ccccc21)c1ccccc1. The molecule has 0 radical (unpaired) electrons. The smallest absolute Gasteiger partial charge is 0.327 e. The predicted octanol–water partition coefficient (Wildman–Crippen LogP) is 3.76. The number of amides is 1. The van der Waals surface area contributed by atoms with Gasteiger partial charge < -0.3 is 15.2 Å². The van der Waals surface area contributed by atoms with Crippen LogP contribution in [0.1, 0.15) is 28.7 Å². The summed E-state index contributed by atoms with van der Waals surface area (Å²) in [6, 6.07) is 23.4. The molecule has 0 fully saturated rings. The Labute approximate surface area is 169 Å². The van der Waals surface area contributed by atoms with Crippen molar-refractivity contribution in [3.63, 3.8) is 0 Å². The molecule has 0 spiro atoms. The van der Waals surface area contributed by atoms with Crippen molar-refractivity contribution in [3.05, 3.63) is 95.6 Å². The average molecular weight is 387 g/mol. The number of benzene rings is 3. The molecule has 1 amide bonds. The van der Waals surface area contributed by atoms with Crippen molar-refractivity contribution < 1.29 is 19.4 Å². The Kier molecular flexibility index (Phi) is 5.14. The van der Waals surface area contributed by atoms with Crippen molar-refractivity contribution in [3.8, 4) is 11.1 Å². The number of fused-ring (bicyclic) bond motifs is 3. The Morgan fingerprint density at radius 3 is 1.90 bits per heavy atom. The molecule has 0 bridgehead atoms. The van der Waals surface area contributed by atoms with Crippen molar-refractivity contribution >= 4 is 11.9 Å². The Morgan fingerprint density at radius 2 is 1.38 bits per heavy atom. The number of hydrogen-bond acceptors (Lipinski definition) is 3. The summed E-state index contributed by atoms with van der Waals surface area (Å²) in [6.07, 6.45) is -0.884. The molecular weight excluding hydrogens is 366 g/mol. The van der Waals surface area contributed by atoms with E-state index in [1.165, 1.54) is 7.11 Å². The number of nitrogens with one attached hydrogen (secondary N) is 1. The normalized spacial score (nSPS) is 14.5. The molecule has 4 rings (SSSR count). The van der Waals surface area contributed by atoms with Crippen LogP contribution >= 0.6 is 0 Å². The van der Waals surface area contributed by atoms with Gasteiger partial charge >= 0.3 is 5.97 Å². The van der Waals surface area contributed by atoms with Gasteiger partial charge in [-0.25, -0.2) is 4.79 Å². The van der Waals surface area contributed by atoms with Gasteiger partial charge in [-0.3, -0.25) is 4.79 Å². The van der Waals surface area contributed by atoms with E-state index in [4.69, 9.17) is 4.74 Å². The van der Waals surface area contributed by atoms with Crippen LogP contribution in [-0.2, 0) is 14.3 Å². The number of carboxylic acid groups (broad SMARTS) is 1. The van der Waals surface area contributed by atoms with Gasteiger partial charge in [0.2, 0.25) is 0 Å². The van der Waals surface area contributed by atoms with Crippen molar-refractivity contribution in [2.75, 3.05) is 7.11 Å². The van der Waals surface area contributed by atoms with E-state index in [1.807, 2.05) is 66.7 Å². The molecule has 1 aliphatic rings. The molecule has 29 heavy (non-hydrogen) atoms. The zero-order chi connectivity index (χ0) is 20.4. The minimum atomic E-state index is -1.12. The molecule has 0 heterocycles. The summed E-state index contributed by atoms with van der Waals surface area (Å²) in [7, 11) is 1.44. The molecule has 3 aromatic carbocycles. The zero-order valence-electron chi connectivity index (χ0n) is 15.9. The number of ether oxygens (including phenoxy) is 1. The van der Waals surface area contributed by atoms with Gasteiger partial charge in [-0.2, -0.15) is 0 Å². The third-order valence-electron chi connectivity index (χ3n) is 5.36. The molecule has 1 aliphatic carbocycles. The quantitative estimate of drug-likeness (QED) is 0.675. The Morgan fingerprint density at radius 1 is 0.862 bits per heavy atom. The summed E-state index contributed by atoms with van der Waals surface area (Å²) in [5, 5.41) is 12.7. The van der Waals surface area contributed by atoms with Crippen LogP contribution in [0.15, 0.2) is 78.9 Å². The Bertz CT molecular complexity index is 1000. The first kappa shape index (κ1) is 18.9. The van der Waals surface area contributed by atoms with Gasteiger partial charge in [0.15, 0.2) is 6.10 Å². The first-order chi connectivity index (χ1) is 14.1. The average Bonchev–Trinajstić information content (AvgIpc) is 3.07. The second kappa shape index (κ2) is 7.89. The van der Waals surface area contributed by atoms with Gasteiger partial charge in [-0.15, -0.1) is 0 Å². The van der Waals surface area contributed by atoms with Crippen molar-refractivity contribution in [1.29, 1.82) is 0 Å². The number of rotatable bonds is 6.